The Morgan fingerprint density at radius 3 is 2.69 bits per heavy atom. The molecule has 7 heteroatoms. The monoisotopic (exact) mass is 354 g/mol. The summed E-state index contributed by atoms with van der Waals surface area (Å²) in [5, 5.41) is 15.1. The van der Waals surface area contributed by atoms with Gasteiger partial charge in [0.15, 0.2) is 0 Å². The number of amides is 2. The van der Waals surface area contributed by atoms with E-state index in [9.17, 15) is 14.7 Å². The molecule has 136 valence electrons. The van der Waals surface area contributed by atoms with E-state index in [1.165, 1.54) is 19.0 Å². The van der Waals surface area contributed by atoms with Crippen LogP contribution in [-0.4, -0.2) is 45.6 Å². The van der Waals surface area contributed by atoms with Gasteiger partial charge in [0.25, 0.3) is 5.91 Å². The van der Waals surface area contributed by atoms with Crippen LogP contribution in [0.3, 0.4) is 0 Å². The molecule has 3 unspecified atom stereocenters. The Bertz CT molecular complexity index is 840. The van der Waals surface area contributed by atoms with E-state index in [4.69, 9.17) is 0 Å². The molecule has 0 radical (unpaired) electrons. The summed E-state index contributed by atoms with van der Waals surface area (Å²) in [7, 11) is 0. The molecule has 1 heterocycles. The van der Waals surface area contributed by atoms with Gasteiger partial charge in [-0.1, -0.05) is 18.6 Å². The summed E-state index contributed by atoms with van der Waals surface area (Å²) in [6.45, 7) is -0.459. The predicted molar refractivity (Wildman–Crippen MR) is 95.3 cm³/mol. The van der Waals surface area contributed by atoms with Gasteiger partial charge < -0.3 is 15.7 Å². The number of rotatable bonds is 5. The van der Waals surface area contributed by atoms with Gasteiger partial charge in [-0.3, -0.25) is 14.6 Å². The third kappa shape index (κ3) is 3.26. The van der Waals surface area contributed by atoms with Crippen molar-refractivity contribution in [1.29, 1.82) is 0 Å². The highest BCUT2D eigenvalue weighted by Gasteiger charge is 2.40. The van der Waals surface area contributed by atoms with E-state index >= 15 is 0 Å². The van der Waals surface area contributed by atoms with Crippen molar-refractivity contribution in [3.63, 3.8) is 0 Å². The first kappa shape index (κ1) is 16.9. The molecule has 2 amide bonds. The number of hydrogen-bond acceptors (Lipinski definition) is 5. The number of hydrogen-bond donors (Lipinski definition) is 3. The van der Waals surface area contributed by atoms with Crippen LogP contribution < -0.4 is 10.6 Å². The van der Waals surface area contributed by atoms with Gasteiger partial charge in [-0.15, -0.1) is 0 Å². The average Bonchev–Trinajstić information content (AvgIpc) is 3.28. The minimum absolute atomic E-state index is 0.120. The van der Waals surface area contributed by atoms with Crippen molar-refractivity contribution in [3.8, 4) is 0 Å². The maximum absolute atomic E-state index is 12.5. The maximum Gasteiger partial charge on any atom is 0.272 e. The Morgan fingerprint density at radius 2 is 2.00 bits per heavy atom. The molecular formula is C19H22N4O3. The summed E-state index contributed by atoms with van der Waals surface area (Å²) < 4.78 is 0. The number of carbonyl (C=O) groups excluding carboxylic acids is 2. The van der Waals surface area contributed by atoms with Crippen molar-refractivity contribution in [2.45, 2.75) is 37.8 Å². The topological polar surface area (TPSA) is 104 Å². The van der Waals surface area contributed by atoms with Crippen molar-refractivity contribution in [3.05, 3.63) is 36.2 Å². The quantitative estimate of drug-likeness (QED) is 0.744. The van der Waals surface area contributed by atoms with Crippen LogP contribution in [0.5, 0.6) is 0 Å². The van der Waals surface area contributed by atoms with Crippen LogP contribution >= 0.6 is 0 Å². The van der Waals surface area contributed by atoms with E-state index in [2.05, 4.69) is 20.6 Å². The standard InChI is InChI=1S/C19H22N4O3/c24-10-17(19(26)22-15-8-11-5-6-12(15)7-11)23-18(25)16-9-20-13-3-1-2-4-14(13)21-16/h1-4,9,11-12,15,17,24H,5-8,10H2,(H,22,26)(H,23,25)/t11?,12?,15?,17-/m0/s1. The fourth-order valence-electron chi connectivity index (χ4n) is 4.20. The first-order valence-corrected chi connectivity index (χ1v) is 9.08. The number of aliphatic hydroxyl groups excluding tert-OH is 1. The van der Waals surface area contributed by atoms with Gasteiger partial charge in [-0.2, -0.15) is 0 Å². The Morgan fingerprint density at radius 1 is 1.19 bits per heavy atom. The van der Waals surface area contributed by atoms with Gasteiger partial charge in [-0.25, -0.2) is 4.98 Å². The molecule has 1 aromatic carbocycles. The van der Waals surface area contributed by atoms with Crippen LogP contribution in [0.15, 0.2) is 30.5 Å². The molecule has 26 heavy (non-hydrogen) atoms. The van der Waals surface area contributed by atoms with E-state index in [1.54, 1.807) is 6.07 Å². The van der Waals surface area contributed by atoms with Gasteiger partial charge in [0, 0.05) is 6.04 Å². The second-order valence-corrected chi connectivity index (χ2v) is 7.24. The van der Waals surface area contributed by atoms with Crippen molar-refractivity contribution >= 4 is 22.8 Å². The first-order chi connectivity index (χ1) is 12.6. The number of aromatic nitrogens is 2. The minimum Gasteiger partial charge on any atom is -0.394 e. The zero-order valence-corrected chi connectivity index (χ0v) is 14.4. The molecule has 2 aromatic rings. The highest BCUT2D eigenvalue weighted by Crippen LogP contribution is 2.44. The van der Waals surface area contributed by atoms with Crippen LogP contribution in [0.25, 0.3) is 11.0 Å². The summed E-state index contributed by atoms with van der Waals surface area (Å²) in [6.07, 6.45) is 5.95. The molecule has 2 bridgehead atoms. The summed E-state index contributed by atoms with van der Waals surface area (Å²) in [6, 6.07) is 6.41. The Kier molecular flexibility index (Phi) is 4.55. The normalized spacial score (nSPS) is 25.2. The van der Waals surface area contributed by atoms with E-state index in [-0.39, 0.29) is 17.6 Å². The van der Waals surface area contributed by atoms with Gasteiger partial charge >= 0.3 is 0 Å². The van der Waals surface area contributed by atoms with Gasteiger partial charge in [0.2, 0.25) is 5.91 Å². The van der Waals surface area contributed by atoms with Crippen LogP contribution in [0.1, 0.15) is 36.2 Å². The fourth-order valence-corrected chi connectivity index (χ4v) is 4.20. The molecule has 1 aromatic heterocycles. The third-order valence-corrected chi connectivity index (χ3v) is 5.55. The van der Waals surface area contributed by atoms with Gasteiger partial charge in [-0.05, 0) is 43.2 Å². The summed E-state index contributed by atoms with van der Waals surface area (Å²) in [5.74, 6) is 0.378. The molecule has 2 saturated carbocycles. The number of fused-ring (bicyclic) bond motifs is 3. The Hall–Kier alpha value is -2.54. The fraction of sp³-hybridized carbons (Fsp3) is 0.474. The molecule has 0 saturated heterocycles. The average molecular weight is 354 g/mol. The number of carbonyl (C=O) groups is 2. The number of para-hydroxylation sites is 2. The van der Waals surface area contributed by atoms with Crippen molar-refractivity contribution < 1.29 is 14.7 Å². The third-order valence-electron chi connectivity index (χ3n) is 5.55. The molecule has 7 nitrogen and oxygen atoms in total. The number of nitrogens with one attached hydrogen (secondary N) is 2. The molecule has 2 aliphatic carbocycles. The van der Waals surface area contributed by atoms with E-state index in [0.717, 1.165) is 12.8 Å². The molecule has 2 fully saturated rings. The molecule has 0 spiro atoms. The first-order valence-electron chi connectivity index (χ1n) is 9.08. The molecule has 3 N–H and O–H groups in total. The van der Waals surface area contributed by atoms with Crippen molar-refractivity contribution in [2.75, 3.05) is 6.61 Å². The summed E-state index contributed by atoms with van der Waals surface area (Å²) in [5.41, 5.74) is 1.42. The molecule has 0 aliphatic heterocycles. The summed E-state index contributed by atoms with van der Waals surface area (Å²) in [4.78, 5) is 33.4. The lowest BCUT2D eigenvalue weighted by Gasteiger charge is -2.25. The molecular weight excluding hydrogens is 332 g/mol. The van der Waals surface area contributed by atoms with Crippen molar-refractivity contribution in [2.24, 2.45) is 11.8 Å². The largest absolute Gasteiger partial charge is 0.394 e. The van der Waals surface area contributed by atoms with E-state index in [1.807, 2.05) is 18.2 Å². The van der Waals surface area contributed by atoms with Crippen LogP contribution in [0, 0.1) is 11.8 Å². The molecule has 2 aliphatic rings. The van der Waals surface area contributed by atoms with E-state index in [0.29, 0.717) is 22.9 Å². The minimum atomic E-state index is -0.991. The lowest BCUT2D eigenvalue weighted by atomic mass is 9.95. The second-order valence-electron chi connectivity index (χ2n) is 7.24. The zero-order valence-electron chi connectivity index (χ0n) is 14.4. The highest BCUT2D eigenvalue weighted by atomic mass is 16.3. The highest BCUT2D eigenvalue weighted by molar-refractivity contribution is 5.97. The summed E-state index contributed by atoms with van der Waals surface area (Å²) >= 11 is 0. The number of aliphatic hydroxyl groups is 1. The Balaban J connectivity index is 1.41. The van der Waals surface area contributed by atoms with E-state index < -0.39 is 18.6 Å². The second kappa shape index (κ2) is 6.99. The number of benzene rings is 1. The SMILES string of the molecule is O=C(N[C@@H](CO)C(=O)NC1CC2CCC1C2)c1cnc2ccccc2n1. The van der Waals surface area contributed by atoms with Gasteiger partial charge in [0.05, 0.1) is 23.8 Å². The van der Waals surface area contributed by atoms with Crippen LogP contribution in [0.4, 0.5) is 0 Å². The molecule has 4 rings (SSSR count). The lowest BCUT2D eigenvalue weighted by molar-refractivity contribution is -0.124. The van der Waals surface area contributed by atoms with Crippen LogP contribution in [0.2, 0.25) is 0 Å². The zero-order chi connectivity index (χ0) is 18.1. The predicted octanol–water partition coefficient (Wildman–Crippen LogP) is 1.03. The van der Waals surface area contributed by atoms with Crippen molar-refractivity contribution in [1.82, 2.24) is 20.6 Å². The van der Waals surface area contributed by atoms with Crippen LogP contribution in [-0.2, 0) is 4.79 Å². The Labute approximate surface area is 151 Å². The number of nitrogens with zero attached hydrogens (tertiary/aromatic N) is 2. The maximum atomic E-state index is 12.5. The van der Waals surface area contributed by atoms with Gasteiger partial charge in [0.1, 0.15) is 11.7 Å². The molecule has 4 atom stereocenters. The lowest BCUT2D eigenvalue weighted by Crippen LogP contribution is -2.52. The smallest absolute Gasteiger partial charge is 0.272 e.